The largest absolute Gasteiger partial charge is 0.494 e. The molecule has 9 heteroatoms. The average molecular weight is 632 g/mol. The van der Waals surface area contributed by atoms with Gasteiger partial charge >= 0.3 is 0 Å². The Bertz CT molecular complexity index is 2080. The van der Waals surface area contributed by atoms with Crippen molar-refractivity contribution in [3.63, 3.8) is 0 Å². The molecule has 0 aliphatic heterocycles. The molecule has 0 N–H and O–H groups in total. The van der Waals surface area contributed by atoms with Crippen molar-refractivity contribution in [2.24, 2.45) is 5.92 Å². The smallest absolute Gasteiger partial charge is 0.291 e. The molecule has 8 nitrogen and oxygen atoms in total. The molecule has 0 amide bonds. The zero-order chi connectivity index (χ0) is 32.0. The van der Waals surface area contributed by atoms with Crippen LogP contribution in [0.15, 0.2) is 83.8 Å². The fraction of sp³-hybridized carbons (Fsp3) is 0.243. The Balaban J connectivity index is 1.30. The van der Waals surface area contributed by atoms with Crippen LogP contribution in [0, 0.1) is 12.8 Å². The number of aromatic nitrogens is 5. The third-order valence-corrected chi connectivity index (χ3v) is 8.30. The summed E-state index contributed by atoms with van der Waals surface area (Å²) < 4.78 is 15.5. The first-order valence-corrected chi connectivity index (χ1v) is 16.4. The molecule has 0 unspecified atom stereocenters. The molecule has 3 aromatic carbocycles. The van der Waals surface area contributed by atoms with Crippen LogP contribution in [0.25, 0.3) is 40.1 Å². The summed E-state index contributed by atoms with van der Waals surface area (Å²) in [5.74, 6) is 2.62. The number of para-hydroxylation sites is 1. The van der Waals surface area contributed by atoms with Gasteiger partial charge in [0.05, 0.1) is 23.4 Å². The monoisotopic (exact) mass is 631 g/mol. The highest BCUT2D eigenvalue weighted by Crippen LogP contribution is 2.29. The number of nitrogens with zero attached hydrogens (tertiary/aromatic N) is 5. The van der Waals surface area contributed by atoms with Gasteiger partial charge in [0, 0.05) is 17.3 Å². The highest BCUT2D eigenvalue weighted by molar-refractivity contribution is 7.15. The van der Waals surface area contributed by atoms with Crippen molar-refractivity contribution < 1.29 is 9.47 Å². The van der Waals surface area contributed by atoms with Crippen molar-refractivity contribution in [1.82, 2.24) is 24.4 Å². The van der Waals surface area contributed by atoms with Gasteiger partial charge in [-0.15, -0.1) is 5.10 Å². The minimum Gasteiger partial charge on any atom is -0.494 e. The molecular weight excluding hydrogens is 595 g/mol. The van der Waals surface area contributed by atoms with Crippen LogP contribution in [0.5, 0.6) is 11.5 Å². The molecular formula is C37H37N5O3S. The van der Waals surface area contributed by atoms with Crippen molar-refractivity contribution >= 4 is 34.5 Å². The Kier molecular flexibility index (Phi) is 9.40. The highest BCUT2D eigenvalue weighted by Gasteiger charge is 2.15. The summed E-state index contributed by atoms with van der Waals surface area (Å²) in [6.45, 7) is 9.82. The van der Waals surface area contributed by atoms with Crippen LogP contribution >= 0.6 is 11.3 Å². The number of thiazole rings is 1. The molecule has 3 heterocycles. The van der Waals surface area contributed by atoms with E-state index in [1.54, 1.807) is 0 Å². The Morgan fingerprint density at radius 1 is 0.957 bits per heavy atom. The van der Waals surface area contributed by atoms with Gasteiger partial charge in [-0.25, -0.2) is 4.68 Å². The molecule has 0 saturated carbocycles. The van der Waals surface area contributed by atoms with Gasteiger partial charge in [-0.1, -0.05) is 74.9 Å². The maximum absolute atomic E-state index is 13.5. The first kappa shape index (κ1) is 31.0. The lowest BCUT2D eigenvalue weighted by Gasteiger charge is -2.12. The van der Waals surface area contributed by atoms with Gasteiger partial charge in [-0.2, -0.15) is 14.6 Å². The molecule has 0 atom stereocenters. The molecule has 6 aromatic rings. The minimum absolute atomic E-state index is 0.215. The first-order chi connectivity index (χ1) is 22.4. The van der Waals surface area contributed by atoms with E-state index in [9.17, 15) is 4.79 Å². The Hall–Kier alpha value is -5.02. The second-order valence-electron chi connectivity index (χ2n) is 11.6. The van der Waals surface area contributed by atoms with Crippen molar-refractivity contribution in [1.29, 1.82) is 0 Å². The van der Waals surface area contributed by atoms with Crippen LogP contribution in [-0.2, 0) is 0 Å². The van der Waals surface area contributed by atoms with E-state index in [0.717, 1.165) is 64.6 Å². The lowest BCUT2D eigenvalue weighted by Crippen LogP contribution is -2.23. The lowest BCUT2D eigenvalue weighted by atomic mass is 10.0. The first-order valence-electron chi connectivity index (χ1n) is 15.6. The summed E-state index contributed by atoms with van der Waals surface area (Å²) in [6, 6.07) is 23.9. The van der Waals surface area contributed by atoms with Crippen LogP contribution in [-0.4, -0.2) is 37.6 Å². The van der Waals surface area contributed by atoms with E-state index in [1.807, 2.05) is 103 Å². The standard InChI is InChI=1S/C37H37N5O3S/c1-5-6-20-44-31-16-12-27(13-17-31)14-19-34-38-37-42(39-34)36(43)33(46-37)22-29-23-41(30-10-8-7-9-11-30)40-35(29)28-15-18-32(26(4)21-28)45-24-25(2)3/h7-19,21-23,25H,5-6,20,24H2,1-4H3/b19-14+,33-22-. The number of hydrogen-bond acceptors (Lipinski definition) is 7. The summed E-state index contributed by atoms with van der Waals surface area (Å²) >= 11 is 1.31. The quantitative estimate of drug-likeness (QED) is 0.132. The number of hydrogen-bond donors (Lipinski definition) is 0. The Labute approximate surface area is 272 Å². The predicted octanol–water partition coefficient (Wildman–Crippen LogP) is 7.24. The van der Waals surface area contributed by atoms with Gasteiger partial charge in [0.1, 0.15) is 17.2 Å². The average Bonchev–Trinajstić information content (AvgIpc) is 3.75. The fourth-order valence-electron chi connectivity index (χ4n) is 4.89. The van der Waals surface area contributed by atoms with Gasteiger partial charge in [0.2, 0.25) is 4.96 Å². The van der Waals surface area contributed by atoms with Gasteiger partial charge in [0.25, 0.3) is 5.56 Å². The number of aryl methyl sites for hydroxylation is 1. The SMILES string of the molecule is CCCCOc1ccc(/C=C/c2nc3s/c(=C\c4cn(-c5ccccc5)nc4-c4ccc(OCC(C)C)c(C)c4)c(=O)n3n2)cc1. The second-order valence-corrected chi connectivity index (χ2v) is 12.6. The molecule has 0 fully saturated rings. The number of ether oxygens (including phenoxy) is 2. The van der Waals surface area contributed by atoms with Crippen LogP contribution in [0.1, 0.15) is 56.1 Å². The number of benzene rings is 3. The lowest BCUT2D eigenvalue weighted by molar-refractivity contribution is 0.269. The number of unbranched alkanes of at least 4 members (excludes halogenated alkanes) is 1. The maximum atomic E-state index is 13.5. The van der Waals surface area contributed by atoms with E-state index in [2.05, 4.69) is 36.9 Å². The topological polar surface area (TPSA) is 83.5 Å². The maximum Gasteiger partial charge on any atom is 0.291 e. The molecule has 6 rings (SSSR count). The summed E-state index contributed by atoms with van der Waals surface area (Å²) in [4.78, 5) is 18.6. The number of rotatable bonds is 12. The molecule has 0 aliphatic carbocycles. The summed E-state index contributed by atoms with van der Waals surface area (Å²) in [7, 11) is 0. The Morgan fingerprint density at radius 2 is 1.76 bits per heavy atom. The molecule has 46 heavy (non-hydrogen) atoms. The molecule has 234 valence electrons. The van der Waals surface area contributed by atoms with Gasteiger partial charge in [-0.05, 0) is 85.0 Å². The van der Waals surface area contributed by atoms with Crippen molar-refractivity contribution in [3.8, 4) is 28.4 Å². The van der Waals surface area contributed by atoms with Gasteiger partial charge < -0.3 is 9.47 Å². The number of fused-ring (bicyclic) bond motifs is 1. The molecule has 3 aromatic heterocycles. The third kappa shape index (κ3) is 7.10. The van der Waals surface area contributed by atoms with E-state index < -0.39 is 0 Å². The van der Waals surface area contributed by atoms with Crippen LogP contribution < -0.4 is 19.6 Å². The zero-order valence-corrected chi connectivity index (χ0v) is 27.3. The van der Waals surface area contributed by atoms with Gasteiger partial charge in [-0.3, -0.25) is 4.79 Å². The molecule has 0 saturated heterocycles. The molecule has 0 radical (unpaired) electrons. The predicted molar refractivity (Wildman–Crippen MR) is 186 cm³/mol. The molecule has 0 aliphatic rings. The van der Waals surface area contributed by atoms with E-state index in [-0.39, 0.29) is 5.56 Å². The van der Waals surface area contributed by atoms with E-state index in [4.69, 9.17) is 14.6 Å². The van der Waals surface area contributed by atoms with E-state index in [0.29, 0.717) is 27.8 Å². The molecule has 0 bridgehead atoms. The second kappa shape index (κ2) is 14.0. The Morgan fingerprint density at radius 3 is 2.48 bits per heavy atom. The van der Waals surface area contributed by atoms with Crippen LogP contribution in [0.2, 0.25) is 0 Å². The van der Waals surface area contributed by atoms with Crippen molar-refractivity contribution in [2.45, 2.75) is 40.5 Å². The van der Waals surface area contributed by atoms with E-state index in [1.165, 1.54) is 15.9 Å². The third-order valence-electron chi connectivity index (χ3n) is 7.34. The van der Waals surface area contributed by atoms with Crippen molar-refractivity contribution in [3.05, 3.63) is 116 Å². The normalized spacial score (nSPS) is 12.2. The van der Waals surface area contributed by atoms with E-state index >= 15 is 0 Å². The van der Waals surface area contributed by atoms with Crippen LogP contribution in [0.4, 0.5) is 0 Å². The highest BCUT2D eigenvalue weighted by atomic mass is 32.1. The van der Waals surface area contributed by atoms with Crippen molar-refractivity contribution in [2.75, 3.05) is 13.2 Å². The summed E-state index contributed by atoms with van der Waals surface area (Å²) in [6.07, 6.45) is 9.71. The summed E-state index contributed by atoms with van der Waals surface area (Å²) in [5.41, 5.74) is 5.27. The van der Waals surface area contributed by atoms with Crippen LogP contribution in [0.3, 0.4) is 0 Å². The minimum atomic E-state index is -0.215. The molecule has 0 spiro atoms. The fourth-order valence-corrected chi connectivity index (χ4v) is 5.79. The van der Waals surface area contributed by atoms with Gasteiger partial charge in [0.15, 0.2) is 5.82 Å². The zero-order valence-electron chi connectivity index (χ0n) is 26.5. The summed E-state index contributed by atoms with van der Waals surface area (Å²) in [5, 5.41) is 9.43.